The number of nitrogens with one attached hydrogen (secondary N) is 1. The van der Waals surface area contributed by atoms with Gasteiger partial charge in [-0.2, -0.15) is 11.8 Å². The van der Waals surface area contributed by atoms with E-state index in [1.54, 1.807) is 0 Å². The van der Waals surface area contributed by atoms with Gasteiger partial charge in [-0.15, -0.1) is 12.4 Å². The predicted molar refractivity (Wildman–Crippen MR) is 90.7 cm³/mol. The molecular formula is C15H25ClN2OS. The van der Waals surface area contributed by atoms with Crippen molar-refractivity contribution in [1.82, 2.24) is 5.32 Å². The SMILES string of the molecule is CCC(CC)(CNC(=O)c1ccc(CN)cc1)SC.Cl. The highest BCUT2D eigenvalue weighted by Gasteiger charge is 2.25. The summed E-state index contributed by atoms with van der Waals surface area (Å²) < 4.78 is 0.146. The zero-order valence-corrected chi connectivity index (χ0v) is 14.1. The molecule has 0 aliphatic carbocycles. The number of halogens is 1. The molecule has 0 heterocycles. The van der Waals surface area contributed by atoms with Gasteiger partial charge < -0.3 is 11.1 Å². The second kappa shape index (κ2) is 9.27. The summed E-state index contributed by atoms with van der Waals surface area (Å²) in [6.45, 7) is 5.55. The number of benzene rings is 1. The van der Waals surface area contributed by atoms with Crippen molar-refractivity contribution >= 4 is 30.1 Å². The van der Waals surface area contributed by atoms with Crippen molar-refractivity contribution in [2.24, 2.45) is 5.73 Å². The van der Waals surface area contributed by atoms with Crippen LogP contribution in [0.5, 0.6) is 0 Å². The Kier molecular flexibility index (Phi) is 8.94. The monoisotopic (exact) mass is 316 g/mol. The van der Waals surface area contributed by atoms with Crippen molar-refractivity contribution in [3.63, 3.8) is 0 Å². The van der Waals surface area contributed by atoms with Crippen molar-refractivity contribution in [2.75, 3.05) is 12.8 Å². The van der Waals surface area contributed by atoms with Gasteiger partial charge in [0.1, 0.15) is 0 Å². The van der Waals surface area contributed by atoms with E-state index < -0.39 is 0 Å². The van der Waals surface area contributed by atoms with Gasteiger partial charge in [0, 0.05) is 23.4 Å². The minimum Gasteiger partial charge on any atom is -0.351 e. The van der Waals surface area contributed by atoms with Gasteiger partial charge >= 0.3 is 0 Å². The summed E-state index contributed by atoms with van der Waals surface area (Å²) in [6.07, 6.45) is 4.21. The quantitative estimate of drug-likeness (QED) is 0.812. The Bertz CT molecular complexity index is 397. The Balaban J connectivity index is 0.00000361. The molecule has 0 atom stereocenters. The molecule has 0 saturated carbocycles. The molecule has 0 unspecified atom stereocenters. The largest absolute Gasteiger partial charge is 0.351 e. The minimum atomic E-state index is -0.0103. The summed E-state index contributed by atoms with van der Waals surface area (Å²) in [5.74, 6) is -0.0103. The van der Waals surface area contributed by atoms with Crippen molar-refractivity contribution in [3.8, 4) is 0 Å². The van der Waals surface area contributed by atoms with Crippen molar-refractivity contribution in [2.45, 2.75) is 38.0 Å². The standard InChI is InChI=1S/C15H24N2OS.ClH/c1-4-15(5-2,19-3)11-17-14(18)13-8-6-12(10-16)7-9-13;/h6-9H,4-5,10-11,16H2,1-3H3,(H,17,18);1H. The highest BCUT2D eigenvalue weighted by atomic mass is 35.5. The maximum atomic E-state index is 12.1. The van der Waals surface area contributed by atoms with E-state index in [4.69, 9.17) is 5.73 Å². The highest BCUT2D eigenvalue weighted by Crippen LogP contribution is 2.29. The lowest BCUT2D eigenvalue weighted by molar-refractivity contribution is 0.0949. The molecule has 0 aliphatic rings. The number of hydrogen-bond acceptors (Lipinski definition) is 3. The lowest BCUT2D eigenvalue weighted by Gasteiger charge is -2.29. The molecule has 0 bridgehead atoms. The smallest absolute Gasteiger partial charge is 0.251 e. The van der Waals surface area contributed by atoms with Crippen molar-refractivity contribution < 1.29 is 4.79 Å². The van der Waals surface area contributed by atoms with Gasteiger partial charge in [0.25, 0.3) is 5.91 Å². The number of amides is 1. The molecule has 0 spiro atoms. The van der Waals surface area contributed by atoms with Gasteiger partial charge in [-0.05, 0) is 36.8 Å². The van der Waals surface area contributed by atoms with Crippen LogP contribution in [0.4, 0.5) is 0 Å². The molecule has 0 aliphatic heterocycles. The lowest BCUT2D eigenvalue weighted by Crippen LogP contribution is -2.39. The molecule has 1 rings (SSSR count). The molecule has 1 amide bonds. The van der Waals surface area contributed by atoms with E-state index in [1.165, 1.54) is 0 Å². The van der Waals surface area contributed by atoms with E-state index in [1.807, 2.05) is 36.0 Å². The predicted octanol–water partition coefficient (Wildman–Crippen LogP) is 3.22. The molecule has 0 aromatic heterocycles. The topological polar surface area (TPSA) is 55.1 Å². The Morgan fingerprint density at radius 3 is 2.20 bits per heavy atom. The fourth-order valence-corrected chi connectivity index (χ4v) is 2.79. The van der Waals surface area contributed by atoms with Crippen LogP contribution >= 0.6 is 24.2 Å². The number of thioether (sulfide) groups is 1. The van der Waals surface area contributed by atoms with E-state index in [-0.39, 0.29) is 23.1 Å². The highest BCUT2D eigenvalue weighted by molar-refractivity contribution is 8.00. The van der Waals surface area contributed by atoms with Gasteiger partial charge in [0.2, 0.25) is 0 Å². The fraction of sp³-hybridized carbons (Fsp3) is 0.533. The second-order valence-electron chi connectivity index (χ2n) is 4.68. The summed E-state index contributed by atoms with van der Waals surface area (Å²) in [7, 11) is 0. The molecule has 3 nitrogen and oxygen atoms in total. The van der Waals surface area contributed by atoms with E-state index in [2.05, 4.69) is 25.4 Å². The van der Waals surface area contributed by atoms with Crippen LogP contribution in [-0.4, -0.2) is 23.5 Å². The van der Waals surface area contributed by atoms with Gasteiger partial charge in [-0.25, -0.2) is 0 Å². The number of carbonyl (C=O) groups is 1. The Morgan fingerprint density at radius 2 is 1.80 bits per heavy atom. The Morgan fingerprint density at radius 1 is 1.25 bits per heavy atom. The Labute approximate surface area is 132 Å². The molecule has 1 aromatic carbocycles. The molecule has 0 fully saturated rings. The third kappa shape index (κ3) is 5.00. The molecule has 5 heteroatoms. The third-order valence-electron chi connectivity index (χ3n) is 3.74. The summed E-state index contributed by atoms with van der Waals surface area (Å²) in [6, 6.07) is 7.46. The lowest BCUT2D eigenvalue weighted by atomic mass is 10.0. The average molecular weight is 317 g/mol. The first-order valence-electron chi connectivity index (χ1n) is 6.73. The first-order chi connectivity index (χ1) is 9.10. The molecule has 0 radical (unpaired) electrons. The van der Waals surface area contributed by atoms with E-state index >= 15 is 0 Å². The summed E-state index contributed by atoms with van der Waals surface area (Å²) in [5, 5.41) is 3.04. The number of hydrogen-bond donors (Lipinski definition) is 2. The van der Waals surface area contributed by atoms with Crippen LogP contribution in [0.15, 0.2) is 24.3 Å². The number of carbonyl (C=O) groups excluding carboxylic acids is 1. The van der Waals surface area contributed by atoms with Gasteiger partial charge in [-0.3, -0.25) is 4.79 Å². The van der Waals surface area contributed by atoms with Gasteiger partial charge in [0.05, 0.1) is 0 Å². The molecule has 114 valence electrons. The van der Waals surface area contributed by atoms with Crippen LogP contribution in [0.25, 0.3) is 0 Å². The summed E-state index contributed by atoms with van der Waals surface area (Å²) in [5.41, 5.74) is 7.28. The van der Waals surface area contributed by atoms with Gasteiger partial charge in [-0.1, -0.05) is 26.0 Å². The fourth-order valence-electron chi connectivity index (χ4n) is 2.00. The molecule has 20 heavy (non-hydrogen) atoms. The Hall–Kier alpha value is -0.710. The molecule has 1 aromatic rings. The van der Waals surface area contributed by atoms with Crippen LogP contribution in [0, 0.1) is 0 Å². The van der Waals surface area contributed by atoms with Crippen LogP contribution in [0.3, 0.4) is 0 Å². The molecular weight excluding hydrogens is 292 g/mol. The van der Waals surface area contributed by atoms with Gasteiger partial charge in [0.15, 0.2) is 0 Å². The van der Waals surface area contributed by atoms with Crippen LogP contribution in [0.1, 0.15) is 42.6 Å². The minimum absolute atomic E-state index is 0. The van der Waals surface area contributed by atoms with Crippen molar-refractivity contribution in [1.29, 1.82) is 0 Å². The second-order valence-corrected chi connectivity index (χ2v) is 5.95. The molecule has 0 saturated heterocycles. The van der Waals surface area contributed by atoms with Crippen LogP contribution in [0.2, 0.25) is 0 Å². The summed E-state index contributed by atoms with van der Waals surface area (Å²) in [4.78, 5) is 12.1. The maximum Gasteiger partial charge on any atom is 0.251 e. The zero-order chi connectivity index (χ0) is 14.3. The first-order valence-corrected chi connectivity index (χ1v) is 7.95. The third-order valence-corrected chi connectivity index (χ3v) is 5.33. The van der Waals surface area contributed by atoms with E-state index in [0.29, 0.717) is 18.7 Å². The van der Waals surface area contributed by atoms with Crippen LogP contribution < -0.4 is 11.1 Å². The first kappa shape index (κ1) is 19.3. The maximum absolute atomic E-state index is 12.1. The number of nitrogens with two attached hydrogens (primary N) is 1. The van der Waals surface area contributed by atoms with Crippen LogP contribution in [-0.2, 0) is 6.54 Å². The summed E-state index contributed by atoms with van der Waals surface area (Å²) >= 11 is 1.83. The average Bonchev–Trinajstić information content (AvgIpc) is 2.49. The normalized spacial score (nSPS) is 10.8. The number of rotatable bonds is 7. The molecule has 3 N–H and O–H groups in total. The van der Waals surface area contributed by atoms with Crippen molar-refractivity contribution in [3.05, 3.63) is 35.4 Å². The van der Waals surface area contributed by atoms with E-state index in [0.717, 1.165) is 18.4 Å². The zero-order valence-electron chi connectivity index (χ0n) is 12.4. The van der Waals surface area contributed by atoms with E-state index in [9.17, 15) is 4.79 Å².